The number of rotatable bonds is 6. The average molecular weight is 416 g/mol. The van der Waals surface area contributed by atoms with Gasteiger partial charge in [0.1, 0.15) is 5.75 Å². The molecule has 2 aromatic rings. The zero-order valence-corrected chi connectivity index (χ0v) is 17.5. The summed E-state index contributed by atoms with van der Waals surface area (Å²) < 4.78 is 11.1. The first-order valence-corrected chi connectivity index (χ1v) is 10.2. The van der Waals surface area contributed by atoms with Gasteiger partial charge in [-0.1, -0.05) is 17.7 Å². The van der Waals surface area contributed by atoms with Crippen LogP contribution in [0.2, 0.25) is 5.02 Å². The van der Waals surface area contributed by atoms with Crippen molar-refractivity contribution in [2.45, 2.75) is 32.8 Å². The second-order valence-electron chi connectivity index (χ2n) is 6.82. The number of guanidine groups is 1. The topological polar surface area (TPSA) is 72.0 Å². The molecular weight excluding hydrogens is 390 g/mol. The van der Waals surface area contributed by atoms with Crippen LogP contribution in [0.1, 0.15) is 35.7 Å². The van der Waals surface area contributed by atoms with Crippen LogP contribution in [-0.4, -0.2) is 37.7 Å². The molecule has 0 saturated carbocycles. The highest BCUT2D eigenvalue weighted by atomic mass is 35.5. The van der Waals surface area contributed by atoms with Gasteiger partial charge in [0.15, 0.2) is 0 Å². The Labute approximate surface area is 176 Å². The van der Waals surface area contributed by atoms with Gasteiger partial charge in [-0.15, -0.1) is 0 Å². The van der Waals surface area contributed by atoms with Gasteiger partial charge in [-0.3, -0.25) is 10.1 Å². The molecule has 1 amide bonds. The van der Waals surface area contributed by atoms with Gasteiger partial charge in [-0.25, -0.2) is 4.99 Å². The molecule has 29 heavy (non-hydrogen) atoms. The van der Waals surface area contributed by atoms with E-state index in [1.54, 1.807) is 24.3 Å². The van der Waals surface area contributed by atoms with Crippen LogP contribution in [0.15, 0.2) is 47.5 Å². The number of nitrogens with one attached hydrogen (secondary N) is 2. The van der Waals surface area contributed by atoms with Crippen LogP contribution in [0.3, 0.4) is 0 Å². The average Bonchev–Trinajstić information content (AvgIpc) is 3.23. The van der Waals surface area contributed by atoms with Gasteiger partial charge in [-0.05, 0) is 68.7 Å². The molecule has 154 valence electrons. The molecule has 1 atom stereocenters. The summed E-state index contributed by atoms with van der Waals surface area (Å²) in [5.74, 6) is 0.833. The number of nitrogens with zero attached hydrogens (tertiary/aromatic N) is 1. The van der Waals surface area contributed by atoms with Crippen LogP contribution in [0, 0.1) is 6.92 Å². The summed E-state index contributed by atoms with van der Waals surface area (Å²) in [4.78, 5) is 17.3. The Morgan fingerprint density at radius 1 is 1.28 bits per heavy atom. The lowest BCUT2D eigenvalue weighted by molar-refractivity contribution is 0.0975. The van der Waals surface area contributed by atoms with Gasteiger partial charge in [0, 0.05) is 22.9 Å². The summed E-state index contributed by atoms with van der Waals surface area (Å²) in [6, 6.07) is 12.5. The van der Waals surface area contributed by atoms with Gasteiger partial charge in [0.05, 0.1) is 19.3 Å². The highest BCUT2D eigenvalue weighted by Crippen LogP contribution is 2.20. The third-order valence-electron chi connectivity index (χ3n) is 4.59. The predicted molar refractivity (Wildman–Crippen MR) is 116 cm³/mol. The van der Waals surface area contributed by atoms with Gasteiger partial charge in [0.2, 0.25) is 5.96 Å². The van der Waals surface area contributed by atoms with Crippen molar-refractivity contribution in [3.63, 3.8) is 0 Å². The predicted octanol–water partition coefficient (Wildman–Crippen LogP) is 4.42. The maximum Gasteiger partial charge on any atom is 0.257 e. The molecule has 1 aliphatic rings. The summed E-state index contributed by atoms with van der Waals surface area (Å²) >= 11 is 6.12. The quantitative estimate of drug-likeness (QED) is 0.541. The van der Waals surface area contributed by atoms with Gasteiger partial charge < -0.3 is 14.8 Å². The van der Waals surface area contributed by atoms with Crippen LogP contribution in [-0.2, 0) is 4.74 Å². The van der Waals surface area contributed by atoms with E-state index in [0.717, 1.165) is 36.4 Å². The number of carbonyl (C=O) groups is 1. The van der Waals surface area contributed by atoms with Crippen molar-refractivity contribution < 1.29 is 14.3 Å². The fourth-order valence-electron chi connectivity index (χ4n) is 3.00. The molecule has 1 aliphatic heterocycles. The molecule has 0 aliphatic carbocycles. The summed E-state index contributed by atoms with van der Waals surface area (Å²) in [6.45, 7) is 5.69. The van der Waals surface area contributed by atoms with Gasteiger partial charge in [-0.2, -0.15) is 0 Å². The number of aliphatic imine (C=N–C) groups is 1. The molecule has 0 unspecified atom stereocenters. The Hall–Kier alpha value is -2.57. The maximum atomic E-state index is 12.7. The molecule has 1 heterocycles. The second-order valence-corrected chi connectivity index (χ2v) is 7.26. The molecule has 0 aromatic heterocycles. The number of amides is 1. The summed E-state index contributed by atoms with van der Waals surface area (Å²) in [7, 11) is 0. The lowest BCUT2D eigenvalue weighted by Crippen LogP contribution is -2.37. The Bertz CT molecular complexity index is 862. The number of halogens is 1. The third-order valence-corrected chi connectivity index (χ3v) is 4.82. The largest absolute Gasteiger partial charge is 0.494 e. The van der Waals surface area contributed by atoms with Crippen molar-refractivity contribution in [2.24, 2.45) is 4.99 Å². The fraction of sp³-hybridized carbons (Fsp3) is 0.364. The van der Waals surface area contributed by atoms with Crippen LogP contribution in [0.5, 0.6) is 5.75 Å². The Morgan fingerprint density at radius 3 is 2.76 bits per heavy atom. The molecule has 7 heteroatoms. The van der Waals surface area contributed by atoms with E-state index in [1.165, 1.54) is 0 Å². The van der Waals surface area contributed by atoms with Crippen molar-refractivity contribution in [3.05, 3.63) is 58.6 Å². The van der Waals surface area contributed by atoms with E-state index in [1.807, 2.05) is 32.0 Å². The van der Waals surface area contributed by atoms with Crippen molar-refractivity contribution in [2.75, 3.05) is 25.1 Å². The number of carbonyl (C=O) groups excluding carboxylic acids is 1. The lowest BCUT2D eigenvalue weighted by atomic mass is 10.2. The number of benzene rings is 2. The lowest BCUT2D eigenvalue weighted by Gasteiger charge is -2.15. The number of aryl methyl sites for hydroxylation is 1. The van der Waals surface area contributed by atoms with Crippen LogP contribution >= 0.6 is 11.6 Å². The number of hydrogen-bond acceptors (Lipinski definition) is 4. The molecule has 1 fully saturated rings. The first-order chi connectivity index (χ1) is 14.0. The standard InChI is InChI=1S/C22H26ClN3O3/c1-3-28-18-10-7-16(8-11-18)21(27)26-22(24-14-19-5-4-12-29-19)25-20-13-17(23)9-6-15(20)2/h6-11,13,19H,3-5,12,14H2,1-2H3,(H2,24,25,26,27)/t19-/m0/s1. The zero-order valence-electron chi connectivity index (χ0n) is 16.7. The molecule has 0 bridgehead atoms. The van der Waals surface area contributed by atoms with Gasteiger partial charge >= 0.3 is 0 Å². The molecule has 2 aromatic carbocycles. The van der Waals surface area contributed by atoms with Crippen molar-refractivity contribution in [3.8, 4) is 5.75 Å². The van der Waals surface area contributed by atoms with E-state index >= 15 is 0 Å². The Morgan fingerprint density at radius 2 is 2.07 bits per heavy atom. The molecule has 2 N–H and O–H groups in total. The Balaban J connectivity index is 1.75. The van der Waals surface area contributed by atoms with Gasteiger partial charge in [0.25, 0.3) is 5.91 Å². The first kappa shape index (κ1) is 21.1. The monoisotopic (exact) mass is 415 g/mol. The highest BCUT2D eigenvalue weighted by Gasteiger charge is 2.16. The number of ether oxygens (including phenoxy) is 2. The van der Waals surface area contributed by atoms with Crippen molar-refractivity contribution in [1.82, 2.24) is 5.32 Å². The minimum atomic E-state index is -0.258. The first-order valence-electron chi connectivity index (χ1n) is 9.78. The fourth-order valence-corrected chi connectivity index (χ4v) is 3.17. The van der Waals surface area contributed by atoms with E-state index in [-0.39, 0.29) is 12.0 Å². The van der Waals surface area contributed by atoms with Crippen LogP contribution in [0.4, 0.5) is 5.69 Å². The minimum Gasteiger partial charge on any atom is -0.494 e. The number of hydrogen-bond donors (Lipinski definition) is 2. The normalized spacial score (nSPS) is 16.5. The third kappa shape index (κ3) is 6.21. The molecule has 6 nitrogen and oxygen atoms in total. The maximum absolute atomic E-state index is 12.7. The molecule has 0 spiro atoms. The molecular formula is C22H26ClN3O3. The summed E-state index contributed by atoms with van der Waals surface area (Å²) in [6.07, 6.45) is 2.09. The van der Waals surface area contributed by atoms with Crippen molar-refractivity contribution in [1.29, 1.82) is 0 Å². The minimum absolute atomic E-state index is 0.0784. The smallest absolute Gasteiger partial charge is 0.257 e. The zero-order chi connectivity index (χ0) is 20.6. The molecule has 1 saturated heterocycles. The van der Waals surface area contributed by atoms with E-state index in [2.05, 4.69) is 15.6 Å². The number of anilines is 1. The van der Waals surface area contributed by atoms with E-state index < -0.39 is 0 Å². The van der Waals surface area contributed by atoms with Crippen LogP contribution < -0.4 is 15.4 Å². The summed E-state index contributed by atoms with van der Waals surface area (Å²) in [5, 5.41) is 6.67. The highest BCUT2D eigenvalue weighted by molar-refractivity contribution is 6.31. The SMILES string of the molecule is CCOc1ccc(C(=O)NC(=NC[C@@H]2CCCO2)Nc2cc(Cl)ccc2C)cc1. The molecule has 3 rings (SSSR count). The summed E-state index contributed by atoms with van der Waals surface area (Å²) in [5.41, 5.74) is 2.30. The van der Waals surface area contributed by atoms with E-state index in [0.29, 0.717) is 29.7 Å². The van der Waals surface area contributed by atoms with E-state index in [4.69, 9.17) is 21.1 Å². The molecule has 0 radical (unpaired) electrons. The second kappa shape index (κ2) is 10.3. The Kier molecular flexibility index (Phi) is 7.49. The van der Waals surface area contributed by atoms with Crippen LogP contribution in [0.25, 0.3) is 0 Å². The van der Waals surface area contributed by atoms with Crippen molar-refractivity contribution >= 4 is 29.2 Å². The van der Waals surface area contributed by atoms with E-state index in [9.17, 15) is 4.79 Å².